The number of nitrogens with one attached hydrogen (secondary N) is 1. The minimum atomic E-state index is 0.137. The van der Waals surface area contributed by atoms with E-state index in [0.717, 1.165) is 31.6 Å². The van der Waals surface area contributed by atoms with Crippen molar-refractivity contribution in [3.63, 3.8) is 0 Å². The van der Waals surface area contributed by atoms with Crippen LogP contribution in [0.15, 0.2) is 60.7 Å². The summed E-state index contributed by atoms with van der Waals surface area (Å²) in [6, 6.07) is 20.2. The number of amides is 1. The zero-order valence-electron chi connectivity index (χ0n) is 12.0. The molecular weight excluding hydrogens is 260 g/mol. The molecule has 1 aliphatic heterocycles. The van der Waals surface area contributed by atoms with Crippen molar-refractivity contribution in [1.29, 1.82) is 0 Å². The summed E-state index contributed by atoms with van der Waals surface area (Å²) in [6.07, 6.45) is 0.895. The summed E-state index contributed by atoms with van der Waals surface area (Å²) in [7, 11) is 0. The molecule has 2 aromatic carbocycles. The molecule has 3 rings (SSSR count). The van der Waals surface area contributed by atoms with Gasteiger partial charge in [0.05, 0.1) is 0 Å². The van der Waals surface area contributed by atoms with Crippen LogP contribution in [0.2, 0.25) is 0 Å². The Labute approximate surface area is 125 Å². The first-order valence-electron chi connectivity index (χ1n) is 7.45. The Hall–Kier alpha value is -2.13. The molecule has 3 nitrogen and oxygen atoms in total. The standard InChI is InChI=1S/C18H20N2O/c21-18(16-9-5-2-6-10-16)20-12-11-19-14-17(20)13-15-7-3-1-4-8-15/h1-10,17,19H,11-14H2. The van der Waals surface area contributed by atoms with E-state index in [-0.39, 0.29) is 11.9 Å². The van der Waals surface area contributed by atoms with Crippen molar-refractivity contribution < 1.29 is 4.79 Å². The largest absolute Gasteiger partial charge is 0.333 e. The molecule has 2 aromatic rings. The number of piperazine rings is 1. The summed E-state index contributed by atoms with van der Waals surface area (Å²) in [6.45, 7) is 2.49. The van der Waals surface area contributed by atoms with Gasteiger partial charge in [0.15, 0.2) is 0 Å². The van der Waals surface area contributed by atoms with Gasteiger partial charge in [-0.25, -0.2) is 0 Å². The van der Waals surface area contributed by atoms with E-state index in [4.69, 9.17) is 0 Å². The monoisotopic (exact) mass is 280 g/mol. The maximum atomic E-state index is 12.7. The summed E-state index contributed by atoms with van der Waals surface area (Å²) in [5.74, 6) is 0.137. The van der Waals surface area contributed by atoms with Crippen molar-refractivity contribution in [3.8, 4) is 0 Å². The van der Waals surface area contributed by atoms with Gasteiger partial charge in [-0.15, -0.1) is 0 Å². The van der Waals surface area contributed by atoms with Crippen LogP contribution < -0.4 is 5.32 Å². The fraction of sp³-hybridized carbons (Fsp3) is 0.278. The van der Waals surface area contributed by atoms with E-state index in [1.54, 1.807) is 0 Å². The smallest absolute Gasteiger partial charge is 0.254 e. The fourth-order valence-electron chi connectivity index (χ4n) is 2.84. The number of hydrogen-bond donors (Lipinski definition) is 1. The number of hydrogen-bond acceptors (Lipinski definition) is 2. The third-order valence-electron chi connectivity index (χ3n) is 3.95. The average Bonchev–Trinajstić information content (AvgIpc) is 2.56. The number of carbonyl (C=O) groups excluding carboxylic acids is 1. The summed E-state index contributed by atoms with van der Waals surface area (Å²) in [5, 5.41) is 3.40. The van der Waals surface area contributed by atoms with Crippen LogP contribution in [0.3, 0.4) is 0 Å². The van der Waals surface area contributed by atoms with Crippen LogP contribution >= 0.6 is 0 Å². The minimum Gasteiger partial charge on any atom is -0.333 e. The molecule has 0 aliphatic carbocycles. The van der Waals surface area contributed by atoms with Gasteiger partial charge < -0.3 is 10.2 Å². The van der Waals surface area contributed by atoms with Gasteiger partial charge in [0, 0.05) is 31.2 Å². The maximum absolute atomic E-state index is 12.7. The Morgan fingerprint density at radius 1 is 1.05 bits per heavy atom. The summed E-state index contributed by atoms with van der Waals surface area (Å²) in [5.41, 5.74) is 2.05. The Morgan fingerprint density at radius 2 is 1.71 bits per heavy atom. The molecule has 1 atom stereocenters. The van der Waals surface area contributed by atoms with Crippen LogP contribution in [0.1, 0.15) is 15.9 Å². The molecule has 1 heterocycles. The van der Waals surface area contributed by atoms with Gasteiger partial charge in [-0.2, -0.15) is 0 Å². The first kappa shape index (κ1) is 13.8. The quantitative estimate of drug-likeness (QED) is 0.936. The van der Waals surface area contributed by atoms with Crippen LogP contribution in [0, 0.1) is 0 Å². The van der Waals surface area contributed by atoms with Crippen molar-refractivity contribution in [3.05, 3.63) is 71.8 Å². The zero-order chi connectivity index (χ0) is 14.5. The van der Waals surface area contributed by atoms with Crippen LogP contribution in [0.4, 0.5) is 0 Å². The highest BCUT2D eigenvalue weighted by Gasteiger charge is 2.27. The predicted molar refractivity (Wildman–Crippen MR) is 84.3 cm³/mol. The molecule has 0 aromatic heterocycles. The molecule has 1 amide bonds. The van der Waals surface area contributed by atoms with E-state index in [9.17, 15) is 4.79 Å². The number of nitrogens with zero attached hydrogens (tertiary/aromatic N) is 1. The van der Waals surface area contributed by atoms with E-state index in [0.29, 0.717) is 0 Å². The molecule has 1 aliphatic rings. The summed E-state index contributed by atoms with van der Waals surface area (Å²) >= 11 is 0. The second kappa shape index (κ2) is 6.55. The SMILES string of the molecule is O=C(c1ccccc1)N1CCNCC1Cc1ccccc1. The lowest BCUT2D eigenvalue weighted by atomic mass is 10.0. The second-order valence-electron chi connectivity index (χ2n) is 5.41. The highest BCUT2D eigenvalue weighted by Crippen LogP contribution is 2.14. The summed E-state index contributed by atoms with van der Waals surface area (Å²) < 4.78 is 0. The molecule has 1 unspecified atom stereocenters. The lowest BCUT2D eigenvalue weighted by Gasteiger charge is -2.36. The lowest BCUT2D eigenvalue weighted by molar-refractivity contribution is 0.0636. The van der Waals surface area contributed by atoms with Crippen molar-refractivity contribution >= 4 is 5.91 Å². The van der Waals surface area contributed by atoms with Crippen LogP contribution in [-0.2, 0) is 6.42 Å². The van der Waals surface area contributed by atoms with E-state index < -0.39 is 0 Å². The van der Waals surface area contributed by atoms with E-state index >= 15 is 0 Å². The Morgan fingerprint density at radius 3 is 2.43 bits per heavy atom. The molecule has 1 fully saturated rings. The van der Waals surface area contributed by atoms with Gasteiger partial charge in [-0.05, 0) is 24.1 Å². The molecule has 1 N–H and O–H groups in total. The average molecular weight is 280 g/mol. The van der Waals surface area contributed by atoms with Crippen molar-refractivity contribution in [1.82, 2.24) is 10.2 Å². The normalized spacial score (nSPS) is 18.5. The molecule has 0 radical (unpaired) electrons. The number of benzene rings is 2. The molecule has 21 heavy (non-hydrogen) atoms. The fourth-order valence-corrected chi connectivity index (χ4v) is 2.84. The van der Waals surface area contributed by atoms with Gasteiger partial charge in [0.2, 0.25) is 0 Å². The second-order valence-corrected chi connectivity index (χ2v) is 5.41. The Bertz CT molecular complexity index is 583. The molecule has 0 bridgehead atoms. The lowest BCUT2D eigenvalue weighted by Crippen LogP contribution is -2.54. The van der Waals surface area contributed by atoms with Crippen molar-refractivity contribution in [2.24, 2.45) is 0 Å². The zero-order valence-corrected chi connectivity index (χ0v) is 12.0. The summed E-state index contributed by atoms with van der Waals surface area (Å²) in [4.78, 5) is 14.7. The molecule has 108 valence electrons. The van der Waals surface area contributed by atoms with Gasteiger partial charge in [-0.3, -0.25) is 4.79 Å². The van der Waals surface area contributed by atoms with Crippen molar-refractivity contribution in [2.75, 3.05) is 19.6 Å². The molecule has 0 saturated carbocycles. The Kier molecular flexibility index (Phi) is 4.31. The van der Waals surface area contributed by atoms with Gasteiger partial charge in [0.25, 0.3) is 5.91 Å². The molecule has 1 saturated heterocycles. The first-order valence-corrected chi connectivity index (χ1v) is 7.45. The van der Waals surface area contributed by atoms with E-state index in [1.807, 2.05) is 41.3 Å². The highest BCUT2D eigenvalue weighted by molar-refractivity contribution is 5.94. The molecule has 3 heteroatoms. The van der Waals surface area contributed by atoms with Gasteiger partial charge >= 0.3 is 0 Å². The topological polar surface area (TPSA) is 32.3 Å². The van der Waals surface area contributed by atoms with Gasteiger partial charge in [0.1, 0.15) is 0 Å². The number of carbonyl (C=O) groups is 1. The van der Waals surface area contributed by atoms with Crippen LogP contribution in [0.5, 0.6) is 0 Å². The molecular formula is C18H20N2O. The van der Waals surface area contributed by atoms with Gasteiger partial charge in [-0.1, -0.05) is 48.5 Å². The van der Waals surface area contributed by atoms with Crippen LogP contribution in [-0.4, -0.2) is 36.5 Å². The highest BCUT2D eigenvalue weighted by atomic mass is 16.2. The number of rotatable bonds is 3. The van der Waals surface area contributed by atoms with E-state index in [2.05, 4.69) is 29.6 Å². The third-order valence-corrected chi connectivity index (χ3v) is 3.95. The van der Waals surface area contributed by atoms with E-state index in [1.165, 1.54) is 5.56 Å². The minimum absolute atomic E-state index is 0.137. The van der Waals surface area contributed by atoms with Crippen LogP contribution in [0.25, 0.3) is 0 Å². The predicted octanol–water partition coefficient (Wildman–Crippen LogP) is 2.34. The molecule has 0 spiro atoms. The van der Waals surface area contributed by atoms with Crippen molar-refractivity contribution in [2.45, 2.75) is 12.5 Å². The Balaban J connectivity index is 1.77. The third kappa shape index (κ3) is 3.31. The maximum Gasteiger partial charge on any atom is 0.254 e. The first-order chi connectivity index (χ1) is 10.3.